The molecular weight excluding hydrogens is 324 g/mol. The summed E-state index contributed by atoms with van der Waals surface area (Å²) >= 11 is 0. The Morgan fingerprint density at radius 1 is 0.731 bits per heavy atom. The molecule has 0 rings (SSSR count). The highest BCUT2D eigenvalue weighted by Crippen LogP contribution is 2.13. The summed E-state index contributed by atoms with van der Waals surface area (Å²) in [7, 11) is 1.69. The van der Waals surface area contributed by atoms with Crippen LogP contribution in [-0.2, 0) is 4.79 Å². The van der Waals surface area contributed by atoms with E-state index in [1.54, 1.807) is 7.05 Å². The number of amides is 1. The second-order valence-corrected chi connectivity index (χ2v) is 7.62. The normalized spacial score (nSPS) is 12.3. The summed E-state index contributed by atoms with van der Waals surface area (Å²) in [4.78, 5) is 11.6. The quantitative estimate of drug-likeness (QED) is 0.266. The van der Waals surface area contributed by atoms with Crippen molar-refractivity contribution in [3.63, 3.8) is 0 Å². The number of hydrogen-bond acceptors (Lipinski definition) is 3. The second-order valence-electron chi connectivity index (χ2n) is 7.62. The molecule has 3 N–H and O–H groups in total. The fourth-order valence-corrected chi connectivity index (χ4v) is 3.31. The molecule has 0 aromatic carbocycles. The van der Waals surface area contributed by atoms with Crippen molar-refractivity contribution < 1.29 is 9.90 Å². The molecule has 4 heteroatoms. The molecule has 0 heterocycles. The standard InChI is InChI=1S/C22H46N2O2/c1-3-4-5-6-7-8-9-10-11-12-13-14-15-16-17-18-19-24-22(26)21(20-25)23-2/h21,23,25H,3-20H2,1-2H3,(H,24,26)/t21-/m1/s1. The van der Waals surface area contributed by atoms with Crippen LogP contribution in [0.25, 0.3) is 0 Å². The van der Waals surface area contributed by atoms with E-state index in [1.807, 2.05) is 0 Å². The van der Waals surface area contributed by atoms with Crippen molar-refractivity contribution in [2.24, 2.45) is 0 Å². The van der Waals surface area contributed by atoms with Crippen LogP contribution in [0.15, 0.2) is 0 Å². The summed E-state index contributed by atoms with van der Waals surface area (Å²) in [6.45, 7) is 2.84. The fourth-order valence-electron chi connectivity index (χ4n) is 3.31. The first-order chi connectivity index (χ1) is 12.8. The molecule has 0 spiro atoms. The molecule has 156 valence electrons. The van der Waals surface area contributed by atoms with E-state index in [2.05, 4.69) is 17.6 Å². The molecule has 0 saturated carbocycles. The van der Waals surface area contributed by atoms with E-state index in [-0.39, 0.29) is 12.5 Å². The Balaban J connectivity index is 3.14. The third-order valence-corrected chi connectivity index (χ3v) is 5.18. The van der Waals surface area contributed by atoms with Gasteiger partial charge in [-0.05, 0) is 13.5 Å². The van der Waals surface area contributed by atoms with Crippen molar-refractivity contribution in [2.45, 2.75) is 116 Å². The molecule has 0 saturated heterocycles. The average Bonchev–Trinajstić information content (AvgIpc) is 2.65. The van der Waals surface area contributed by atoms with Gasteiger partial charge in [0.1, 0.15) is 6.04 Å². The van der Waals surface area contributed by atoms with Crippen LogP contribution >= 0.6 is 0 Å². The van der Waals surface area contributed by atoms with Crippen molar-refractivity contribution in [3.8, 4) is 0 Å². The lowest BCUT2D eigenvalue weighted by atomic mass is 10.0. The number of carbonyl (C=O) groups excluding carboxylic acids is 1. The summed E-state index contributed by atoms with van der Waals surface area (Å²) in [5.74, 6) is -0.101. The topological polar surface area (TPSA) is 61.4 Å². The van der Waals surface area contributed by atoms with E-state index < -0.39 is 6.04 Å². The maximum absolute atomic E-state index is 11.6. The van der Waals surface area contributed by atoms with Crippen LogP contribution in [0, 0.1) is 0 Å². The van der Waals surface area contributed by atoms with Crippen molar-refractivity contribution in [1.29, 1.82) is 0 Å². The molecule has 0 fully saturated rings. The van der Waals surface area contributed by atoms with E-state index >= 15 is 0 Å². The number of hydrogen-bond donors (Lipinski definition) is 3. The van der Waals surface area contributed by atoms with Gasteiger partial charge in [0.25, 0.3) is 0 Å². The highest BCUT2D eigenvalue weighted by molar-refractivity contribution is 5.81. The lowest BCUT2D eigenvalue weighted by Crippen LogP contribution is -2.45. The van der Waals surface area contributed by atoms with Crippen molar-refractivity contribution in [3.05, 3.63) is 0 Å². The van der Waals surface area contributed by atoms with Crippen LogP contribution in [0.5, 0.6) is 0 Å². The van der Waals surface area contributed by atoms with Gasteiger partial charge in [-0.3, -0.25) is 4.79 Å². The minimum Gasteiger partial charge on any atom is -0.394 e. The van der Waals surface area contributed by atoms with Crippen LogP contribution in [0.4, 0.5) is 0 Å². The van der Waals surface area contributed by atoms with Gasteiger partial charge in [0.05, 0.1) is 6.61 Å². The van der Waals surface area contributed by atoms with Crippen LogP contribution < -0.4 is 10.6 Å². The number of rotatable bonds is 20. The first kappa shape index (κ1) is 25.4. The Hall–Kier alpha value is -0.610. The number of carbonyl (C=O) groups is 1. The van der Waals surface area contributed by atoms with Gasteiger partial charge in [0, 0.05) is 6.54 Å². The summed E-state index contributed by atoms with van der Waals surface area (Å²) in [6.07, 6.45) is 21.7. The molecule has 0 aliphatic heterocycles. The summed E-state index contributed by atoms with van der Waals surface area (Å²) in [6, 6.07) is -0.476. The molecule has 0 aliphatic carbocycles. The Labute approximate surface area is 162 Å². The van der Waals surface area contributed by atoms with Crippen molar-refractivity contribution >= 4 is 5.91 Å². The molecule has 1 atom stereocenters. The number of likely N-dealkylation sites (N-methyl/N-ethyl adjacent to an activating group) is 1. The lowest BCUT2D eigenvalue weighted by molar-refractivity contribution is -0.123. The third-order valence-electron chi connectivity index (χ3n) is 5.18. The highest BCUT2D eigenvalue weighted by atomic mass is 16.3. The van der Waals surface area contributed by atoms with Crippen molar-refractivity contribution in [2.75, 3.05) is 20.2 Å². The fraction of sp³-hybridized carbons (Fsp3) is 0.955. The van der Waals surface area contributed by atoms with Gasteiger partial charge in [0.15, 0.2) is 0 Å². The van der Waals surface area contributed by atoms with Gasteiger partial charge in [0.2, 0.25) is 5.91 Å². The predicted octanol–water partition coefficient (Wildman–Crippen LogP) is 4.94. The van der Waals surface area contributed by atoms with E-state index in [9.17, 15) is 4.79 Å². The molecule has 0 aliphatic rings. The van der Waals surface area contributed by atoms with Gasteiger partial charge in [-0.15, -0.1) is 0 Å². The van der Waals surface area contributed by atoms with E-state index in [4.69, 9.17) is 5.11 Å². The SMILES string of the molecule is CCCCCCCCCCCCCCCCCCNC(=O)[C@@H](CO)NC. The van der Waals surface area contributed by atoms with Crippen LogP contribution in [0.1, 0.15) is 110 Å². The van der Waals surface area contributed by atoms with E-state index in [1.165, 1.54) is 96.3 Å². The zero-order chi connectivity index (χ0) is 19.3. The monoisotopic (exact) mass is 370 g/mol. The van der Waals surface area contributed by atoms with Gasteiger partial charge in [-0.1, -0.05) is 103 Å². The molecule has 0 aromatic heterocycles. The summed E-state index contributed by atoms with van der Waals surface area (Å²) < 4.78 is 0. The molecular formula is C22H46N2O2. The maximum Gasteiger partial charge on any atom is 0.239 e. The molecule has 4 nitrogen and oxygen atoms in total. The first-order valence-electron chi connectivity index (χ1n) is 11.3. The lowest BCUT2D eigenvalue weighted by Gasteiger charge is -2.12. The Morgan fingerprint density at radius 3 is 1.46 bits per heavy atom. The molecule has 0 radical (unpaired) electrons. The number of aliphatic hydroxyl groups is 1. The van der Waals surface area contributed by atoms with Gasteiger partial charge in [-0.25, -0.2) is 0 Å². The minimum absolute atomic E-state index is 0.101. The number of nitrogens with one attached hydrogen (secondary N) is 2. The predicted molar refractivity (Wildman–Crippen MR) is 112 cm³/mol. The average molecular weight is 371 g/mol. The first-order valence-corrected chi connectivity index (χ1v) is 11.3. The smallest absolute Gasteiger partial charge is 0.239 e. The van der Waals surface area contributed by atoms with Crippen LogP contribution in [0.2, 0.25) is 0 Å². The van der Waals surface area contributed by atoms with E-state index in [0.717, 1.165) is 13.0 Å². The molecule has 0 unspecified atom stereocenters. The zero-order valence-electron chi connectivity index (χ0n) is 17.7. The number of unbranched alkanes of at least 4 members (excludes halogenated alkanes) is 15. The maximum atomic E-state index is 11.6. The van der Waals surface area contributed by atoms with Gasteiger partial charge in [-0.2, -0.15) is 0 Å². The Kier molecular flexibility index (Phi) is 20.2. The number of aliphatic hydroxyl groups excluding tert-OH is 1. The molecule has 1 amide bonds. The highest BCUT2D eigenvalue weighted by Gasteiger charge is 2.13. The van der Waals surface area contributed by atoms with Gasteiger partial charge >= 0.3 is 0 Å². The summed E-state index contributed by atoms with van der Waals surface area (Å²) in [5.41, 5.74) is 0. The Morgan fingerprint density at radius 2 is 1.12 bits per heavy atom. The van der Waals surface area contributed by atoms with Crippen molar-refractivity contribution in [1.82, 2.24) is 10.6 Å². The largest absolute Gasteiger partial charge is 0.394 e. The molecule has 0 bridgehead atoms. The molecule has 0 aromatic rings. The summed E-state index contributed by atoms with van der Waals surface area (Å²) in [5, 5.41) is 14.7. The zero-order valence-corrected chi connectivity index (χ0v) is 17.7. The van der Waals surface area contributed by atoms with Crippen LogP contribution in [0.3, 0.4) is 0 Å². The van der Waals surface area contributed by atoms with E-state index in [0.29, 0.717) is 0 Å². The van der Waals surface area contributed by atoms with Crippen LogP contribution in [-0.4, -0.2) is 37.3 Å². The second kappa shape index (κ2) is 20.7. The molecule has 26 heavy (non-hydrogen) atoms. The van der Waals surface area contributed by atoms with Gasteiger partial charge < -0.3 is 15.7 Å². The minimum atomic E-state index is -0.476. The Bertz CT molecular complexity index is 294. The third kappa shape index (κ3) is 16.8.